The summed E-state index contributed by atoms with van der Waals surface area (Å²) in [7, 11) is 2.15. The molecule has 1 aromatic rings. The molecule has 1 aliphatic rings. The van der Waals surface area contributed by atoms with Crippen LogP contribution in [0.5, 0.6) is 0 Å². The quantitative estimate of drug-likeness (QED) is 0.874. The summed E-state index contributed by atoms with van der Waals surface area (Å²) in [6, 6.07) is 10.1. The van der Waals surface area contributed by atoms with Gasteiger partial charge in [-0.25, -0.2) is 0 Å². The molecule has 0 radical (unpaired) electrons. The molecular formula is C18H29N3O. The lowest BCUT2D eigenvalue weighted by Gasteiger charge is -2.24. The van der Waals surface area contributed by atoms with Gasteiger partial charge in [0.2, 0.25) is 5.91 Å². The SMILES string of the molecule is CC(C)C(N)C(=O)N1CCC(CN(C)Cc2ccccc2)C1. The average molecular weight is 303 g/mol. The van der Waals surface area contributed by atoms with Gasteiger partial charge >= 0.3 is 0 Å². The van der Waals surface area contributed by atoms with Gasteiger partial charge < -0.3 is 15.5 Å². The van der Waals surface area contributed by atoms with Crippen molar-refractivity contribution < 1.29 is 4.79 Å². The molecule has 0 bridgehead atoms. The second kappa shape index (κ2) is 7.75. The molecule has 2 N–H and O–H groups in total. The molecule has 2 unspecified atom stereocenters. The Hall–Kier alpha value is -1.39. The number of carbonyl (C=O) groups excluding carboxylic acids is 1. The van der Waals surface area contributed by atoms with Gasteiger partial charge in [0, 0.05) is 26.2 Å². The van der Waals surface area contributed by atoms with Crippen LogP contribution in [0.4, 0.5) is 0 Å². The lowest BCUT2D eigenvalue weighted by Crippen LogP contribution is -2.45. The summed E-state index contributed by atoms with van der Waals surface area (Å²) in [5.74, 6) is 0.868. The van der Waals surface area contributed by atoms with E-state index in [2.05, 4.69) is 36.2 Å². The first-order valence-electron chi connectivity index (χ1n) is 8.24. The Kier molecular flexibility index (Phi) is 5.98. The predicted molar refractivity (Wildman–Crippen MR) is 90.3 cm³/mol. The molecule has 1 saturated heterocycles. The van der Waals surface area contributed by atoms with Crippen molar-refractivity contribution in [1.29, 1.82) is 0 Å². The summed E-state index contributed by atoms with van der Waals surface area (Å²) in [6.07, 6.45) is 1.08. The lowest BCUT2D eigenvalue weighted by atomic mass is 10.0. The normalized spacial score (nSPS) is 19.9. The highest BCUT2D eigenvalue weighted by atomic mass is 16.2. The highest BCUT2D eigenvalue weighted by molar-refractivity contribution is 5.82. The lowest BCUT2D eigenvalue weighted by molar-refractivity contribution is -0.132. The topological polar surface area (TPSA) is 49.6 Å². The zero-order valence-electron chi connectivity index (χ0n) is 14.0. The van der Waals surface area contributed by atoms with Crippen molar-refractivity contribution in [1.82, 2.24) is 9.80 Å². The minimum absolute atomic E-state index is 0.114. The largest absolute Gasteiger partial charge is 0.341 e. The smallest absolute Gasteiger partial charge is 0.239 e. The van der Waals surface area contributed by atoms with E-state index < -0.39 is 0 Å². The van der Waals surface area contributed by atoms with E-state index in [0.717, 1.165) is 32.6 Å². The fourth-order valence-electron chi connectivity index (χ4n) is 3.08. The molecular weight excluding hydrogens is 274 g/mol. The Morgan fingerprint density at radius 2 is 2.05 bits per heavy atom. The molecule has 2 atom stereocenters. The van der Waals surface area contributed by atoms with Crippen molar-refractivity contribution in [2.45, 2.75) is 32.9 Å². The maximum absolute atomic E-state index is 12.3. The van der Waals surface area contributed by atoms with E-state index in [1.807, 2.05) is 24.8 Å². The summed E-state index contributed by atoms with van der Waals surface area (Å²) in [6.45, 7) is 7.68. The van der Waals surface area contributed by atoms with Crippen LogP contribution in [0.3, 0.4) is 0 Å². The molecule has 1 aromatic carbocycles. The second-order valence-electron chi connectivity index (χ2n) is 6.89. The van der Waals surface area contributed by atoms with Crippen molar-refractivity contribution in [3.8, 4) is 0 Å². The summed E-state index contributed by atoms with van der Waals surface area (Å²) in [4.78, 5) is 16.6. The van der Waals surface area contributed by atoms with Crippen molar-refractivity contribution in [2.75, 3.05) is 26.7 Å². The number of nitrogens with zero attached hydrogens (tertiary/aromatic N) is 2. The van der Waals surface area contributed by atoms with E-state index in [0.29, 0.717) is 5.92 Å². The molecule has 0 saturated carbocycles. The maximum atomic E-state index is 12.3. The zero-order valence-corrected chi connectivity index (χ0v) is 14.0. The Morgan fingerprint density at radius 3 is 2.68 bits per heavy atom. The van der Waals surface area contributed by atoms with Crippen LogP contribution >= 0.6 is 0 Å². The third-order valence-corrected chi connectivity index (χ3v) is 4.47. The molecule has 1 heterocycles. The highest BCUT2D eigenvalue weighted by Gasteiger charge is 2.30. The monoisotopic (exact) mass is 303 g/mol. The third kappa shape index (κ3) is 4.55. The standard InChI is InChI=1S/C18H29N3O/c1-14(2)17(19)18(22)21-10-9-16(13-21)12-20(3)11-15-7-5-4-6-8-15/h4-8,14,16-17H,9-13,19H2,1-3H3. The molecule has 2 rings (SSSR count). The van der Waals surface area contributed by atoms with Gasteiger partial charge in [0.15, 0.2) is 0 Å². The molecule has 0 aromatic heterocycles. The Bertz CT molecular complexity index is 474. The Labute approximate surface area is 134 Å². The number of nitrogens with two attached hydrogens (primary N) is 1. The van der Waals surface area contributed by atoms with Gasteiger partial charge in [-0.05, 0) is 30.9 Å². The second-order valence-corrected chi connectivity index (χ2v) is 6.89. The molecule has 0 aliphatic carbocycles. The molecule has 122 valence electrons. The van der Waals surface area contributed by atoms with E-state index in [9.17, 15) is 4.79 Å². The molecule has 1 aliphatic heterocycles. The number of likely N-dealkylation sites (tertiary alicyclic amines) is 1. The van der Waals surface area contributed by atoms with Gasteiger partial charge in [-0.3, -0.25) is 4.79 Å². The third-order valence-electron chi connectivity index (χ3n) is 4.47. The van der Waals surface area contributed by atoms with Crippen LogP contribution in [0.25, 0.3) is 0 Å². The first kappa shape index (κ1) is 17.0. The van der Waals surface area contributed by atoms with Crippen LogP contribution in [-0.4, -0.2) is 48.4 Å². The minimum atomic E-state index is -0.360. The van der Waals surface area contributed by atoms with Crippen LogP contribution in [0, 0.1) is 11.8 Å². The summed E-state index contributed by atoms with van der Waals surface area (Å²) in [5, 5.41) is 0. The molecule has 1 amide bonds. The van der Waals surface area contributed by atoms with Crippen LogP contribution in [0.15, 0.2) is 30.3 Å². The average Bonchev–Trinajstić information content (AvgIpc) is 2.94. The fourth-order valence-corrected chi connectivity index (χ4v) is 3.08. The van der Waals surface area contributed by atoms with Crippen molar-refractivity contribution in [3.05, 3.63) is 35.9 Å². The van der Waals surface area contributed by atoms with Gasteiger partial charge in [-0.1, -0.05) is 44.2 Å². The summed E-state index contributed by atoms with van der Waals surface area (Å²) >= 11 is 0. The first-order valence-corrected chi connectivity index (χ1v) is 8.24. The number of hydrogen-bond donors (Lipinski definition) is 1. The molecule has 4 heteroatoms. The van der Waals surface area contributed by atoms with E-state index in [1.165, 1.54) is 5.56 Å². The van der Waals surface area contributed by atoms with E-state index in [4.69, 9.17) is 5.73 Å². The van der Waals surface area contributed by atoms with Crippen molar-refractivity contribution in [3.63, 3.8) is 0 Å². The zero-order chi connectivity index (χ0) is 16.1. The summed E-state index contributed by atoms with van der Waals surface area (Å²) in [5.41, 5.74) is 7.32. The van der Waals surface area contributed by atoms with E-state index in [-0.39, 0.29) is 17.9 Å². The summed E-state index contributed by atoms with van der Waals surface area (Å²) < 4.78 is 0. The van der Waals surface area contributed by atoms with Crippen LogP contribution in [0.1, 0.15) is 25.8 Å². The van der Waals surface area contributed by atoms with Crippen molar-refractivity contribution >= 4 is 5.91 Å². The first-order chi connectivity index (χ1) is 10.5. The Balaban J connectivity index is 1.80. The van der Waals surface area contributed by atoms with Crippen LogP contribution in [0.2, 0.25) is 0 Å². The van der Waals surface area contributed by atoms with Crippen LogP contribution in [-0.2, 0) is 11.3 Å². The van der Waals surface area contributed by atoms with Crippen LogP contribution < -0.4 is 5.73 Å². The number of benzene rings is 1. The van der Waals surface area contributed by atoms with Gasteiger partial charge in [-0.15, -0.1) is 0 Å². The molecule has 1 fully saturated rings. The maximum Gasteiger partial charge on any atom is 0.239 e. The number of carbonyl (C=O) groups is 1. The molecule has 0 spiro atoms. The number of hydrogen-bond acceptors (Lipinski definition) is 3. The predicted octanol–water partition coefficient (Wildman–Crippen LogP) is 1.95. The fraction of sp³-hybridized carbons (Fsp3) is 0.611. The van der Waals surface area contributed by atoms with Gasteiger partial charge in [-0.2, -0.15) is 0 Å². The Morgan fingerprint density at radius 1 is 1.36 bits per heavy atom. The number of amides is 1. The number of rotatable bonds is 6. The van der Waals surface area contributed by atoms with Gasteiger partial charge in [0.05, 0.1) is 6.04 Å². The highest BCUT2D eigenvalue weighted by Crippen LogP contribution is 2.19. The minimum Gasteiger partial charge on any atom is -0.341 e. The molecule has 4 nitrogen and oxygen atoms in total. The van der Waals surface area contributed by atoms with E-state index in [1.54, 1.807) is 0 Å². The van der Waals surface area contributed by atoms with Gasteiger partial charge in [0.25, 0.3) is 0 Å². The van der Waals surface area contributed by atoms with Crippen molar-refractivity contribution in [2.24, 2.45) is 17.6 Å². The van der Waals surface area contributed by atoms with E-state index >= 15 is 0 Å². The van der Waals surface area contributed by atoms with Gasteiger partial charge in [0.1, 0.15) is 0 Å². The molecule has 22 heavy (non-hydrogen) atoms.